The minimum absolute atomic E-state index is 0.171. The van der Waals surface area contributed by atoms with E-state index in [4.69, 9.17) is 16.0 Å². The zero-order valence-corrected chi connectivity index (χ0v) is 8.87. The standard InChI is InChI=1S/C10H13ClN2O/c1-5(11)9-12-13-10(14-9)8-6-3-2-4-7(6)8/h5-8H,2-4H2,1H3. The van der Waals surface area contributed by atoms with Gasteiger partial charge in [0.15, 0.2) is 0 Å². The van der Waals surface area contributed by atoms with E-state index >= 15 is 0 Å². The molecule has 0 aliphatic heterocycles. The van der Waals surface area contributed by atoms with Gasteiger partial charge in [0.1, 0.15) is 5.38 Å². The number of hydrogen-bond donors (Lipinski definition) is 0. The fourth-order valence-electron chi connectivity index (χ4n) is 2.73. The van der Waals surface area contributed by atoms with Crippen LogP contribution in [0.1, 0.15) is 49.3 Å². The van der Waals surface area contributed by atoms with E-state index in [1.54, 1.807) is 0 Å². The van der Waals surface area contributed by atoms with Gasteiger partial charge in [0.25, 0.3) is 0 Å². The zero-order valence-electron chi connectivity index (χ0n) is 8.11. The van der Waals surface area contributed by atoms with Crippen molar-refractivity contribution in [2.45, 2.75) is 37.5 Å². The third kappa shape index (κ3) is 1.18. The largest absolute Gasteiger partial charge is 0.423 e. The Labute approximate surface area is 87.8 Å². The van der Waals surface area contributed by atoms with Gasteiger partial charge in [0.05, 0.1) is 0 Å². The Kier molecular flexibility index (Phi) is 1.84. The van der Waals surface area contributed by atoms with Gasteiger partial charge in [-0.3, -0.25) is 0 Å². The zero-order chi connectivity index (χ0) is 9.71. The van der Waals surface area contributed by atoms with Gasteiger partial charge in [-0.25, -0.2) is 0 Å². The van der Waals surface area contributed by atoms with Crippen LogP contribution in [-0.2, 0) is 0 Å². The van der Waals surface area contributed by atoms with Crippen molar-refractivity contribution in [3.63, 3.8) is 0 Å². The Hall–Kier alpha value is -0.570. The molecule has 2 fully saturated rings. The second kappa shape index (κ2) is 2.96. The van der Waals surface area contributed by atoms with E-state index in [0.717, 1.165) is 17.7 Å². The SMILES string of the molecule is CC(Cl)c1nnc(C2C3CCCC32)o1. The summed E-state index contributed by atoms with van der Waals surface area (Å²) < 4.78 is 5.55. The highest BCUT2D eigenvalue weighted by Gasteiger charge is 2.56. The first-order valence-electron chi connectivity index (χ1n) is 5.24. The molecule has 0 amide bonds. The normalized spacial score (nSPS) is 36.9. The van der Waals surface area contributed by atoms with Crippen LogP contribution in [-0.4, -0.2) is 10.2 Å². The van der Waals surface area contributed by atoms with Gasteiger partial charge in [-0.2, -0.15) is 0 Å². The van der Waals surface area contributed by atoms with E-state index in [0.29, 0.717) is 11.8 Å². The lowest BCUT2D eigenvalue weighted by atomic mass is 10.1. The lowest BCUT2D eigenvalue weighted by Crippen LogP contribution is -1.87. The van der Waals surface area contributed by atoms with Gasteiger partial charge < -0.3 is 4.42 Å². The Balaban J connectivity index is 1.78. The van der Waals surface area contributed by atoms with Crippen LogP contribution in [0, 0.1) is 11.8 Å². The molecule has 3 atom stereocenters. The Morgan fingerprint density at radius 2 is 2.07 bits per heavy atom. The molecule has 2 aliphatic carbocycles. The molecule has 1 aromatic rings. The first-order chi connectivity index (χ1) is 6.77. The fraction of sp³-hybridized carbons (Fsp3) is 0.800. The van der Waals surface area contributed by atoms with E-state index in [2.05, 4.69) is 10.2 Å². The van der Waals surface area contributed by atoms with Crippen molar-refractivity contribution < 1.29 is 4.42 Å². The van der Waals surface area contributed by atoms with E-state index in [9.17, 15) is 0 Å². The second-order valence-corrected chi connectivity index (χ2v) is 5.03. The topological polar surface area (TPSA) is 38.9 Å². The summed E-state index contributed by atoms with van der Waals surface area (Å²) in [6.45, 7) is 1.85. The van der Waals surface area contributed by atoms with Gasteiger partial charge in [0.2, 0.25) is 11.8 Å². The fourth-order valence-corrected chi connectivity index (χ4v) is 2.82. The first-order valence-corrected chi connectivity index (χ1v) is 5.68. The molecular formula is C10H13ClN2O. The highest BCUT2D eigenvalue weighted by atomic mass is 35.5. The van der Waals surface area contributed by atoms with Crippen molar-refractivity contribution in [3.05, 3.63) is 11.8 Å². The highest BCUT2D eigenvalue weighted by Crippen LogP contribution is 2.62. The Morgan fingerprint density at radius 3 is 2.64 bits per heavy atom. The summed E-state index contributed by atoms with van der Waals surface area (Å²) in [7, 11) is 0. The van der Waals surface area contributed by atoms with Crippen LogP contribution in [0.25, 0.3) is 0 Å². The first kappa shape index (κ1) is 8.72. The van der Waals surface area contributed by atoms with Gasteiger partial charge in [-0.1, -0.05) is 6.42 Å². The number of aromatic nitrogens is 2. The molecule has 4 heteroatoms. The lowest BCUT2D eigenvalue weighted by molar-refractivity contribution is 0.433. The molecule has 3 nitrogen and oxygen atoms in total. The molecule has 76 valence electrons. The average Bonchev–Trinajstić information content (AvgIpc) is 2.63. The minimum Gasteiger partial charge on any atom is -0.423 e. The highest BCUT2D eigenvalue weighted by molar-refractivity contribution is 6.20. The van der Waals surface area contributed by atoms with Crippen molar-refractivity contribution in [1.29, 1.82) is 0 Å². The molecule has 0 spiro atoms. The van der Waals surface area contributed by atoms with Crippen LogP contribution in [0.15, 0.2) is 4.42 Å². The monoisotopic (exact) mass is 212 g/mol. The predicted molar refractivity (Wildman–Crippen MR) is 52.1 cm³/mol. The van der Waals surface area contributed by atoms with Crippen molar-refractivity contribution >= 4 is 11.6 Å². The molecule has 0 aromatic carbocycles. The quantitative estimate of drug-likeness (QED) is 0.708. The summed E-state index contributed by atoms with van der Waals surface area (Å²) in [6, 6.07) is 0. The number of halogens is 1. The van der Waals surface area contributed by atoms with Crippen LogP contribution in [0.3, 0.4) is 0 Å². The van der Waals surface area contributed by atoms with Gasteiger partial charge >= 0.3 is 0 Å². The maximum atomic E-state index is 5.87. The smallest absolute Gasteiger partial charge is 0.234 e. The Morgan fingerprint density at radius 1 is 1.36 bits per heavy atom. The number of fused-ring (bicyclic) bond motifs is 1. The number of nitrogens with zero attached hydrogens (tertiary/aromatic N) is 2. The molecule has 0 bridgehead atoms. The molecule has 2 aliphatic rings. The third-order valence-corrected chi connectivity index (χ3v) is 3.67. The third-order valence-electron chi connectivity index (χ3n) is 3.49. The van der Waals surface area contributed by atoms with Crippen molar-refractivity contribution in [2.24, 2.45) is 11.8 Å². The second-order valence-electron chi connectivity index (χ2n) is 4.38. The molecule has 0 saturated heterocycles. The summed E-state index contributed by atoms with van der Waals surface area (Å²) in [5.41, 5.74) is 0. The lowest BCUT2D eigenvalue weighted by Gasteiger charge is -1.96. The molecule has 14 heavy (non-hydrogen) atoms. The molecular weight excluding hydrogens is 200 g/mol. The Bertz CT molecular complexity index is 340. The van der Waals surface area contributed by atoms with E-state index in [1.165, 1.54) is 19.3 Å². The summed E-state index contributed by atoms with van der Waals surface area (Å²) >= 11 is 5.87. The number of hydrogen-bond acceptors (Lipinski definition) is 3. The molecule has 1 aromatic heterocycles. The summed E-state index contributed by atoms with van der Waals surface area (Å²) in [6.07, 6.45) is 4.05. The van der Waals surface area contributed by atoms with Crippen LogP contribution in [0.4, 0.5) is 0 Å². The molecule has 3 rings (SSSR count). The molecule has 0 N–H and O–H groups in total. The number of rotatable bonds is 2. The average molecular weight is 213 g/mol. The van der Waals surface area contributed by atoms with Crippen molar-refractivity contribution in [3.8, 4) is 0 Å². The predicted octanol–water partition coefficient (Wildman–Crippen LogP) is 2.88. The minimum atomic E-state index is -0.171. The van der Waals surface area contributed by atoms with Crippen LogP contribution in [0.5, 0.6) is 0 Å². The van der Waals surface area contributed by atoms with Gasteiger partial charge in [-0.05, 0) is 31.6 Å². The summed E-state index contributed by atoms with van der Waals surface area (Å²) in [5, 5.41) is 7.87. The van der Waals surface area contributed by atoms with Crippen LogP contribution >= 0.6 is 11.6 Å². The van der Waals surface area contributed by atoms with Gasteiger partial charge in [-0.15, -0.1) is 21.8 Å². The van der Waals surface area contributed by atoms with Crippen molar-refractivity contribution in [1.82, 2.24) is 10.2 Å². The van der Waals surface area contributed by atoms with Crippen LogP contribution in [0.2, 0.25) is 0 Å². The van der Waals surface area contributed by atoms with Gasteiger partial charge in [0, 0.05) is 5.92 Å². The summed E-state index contributed by atoms with van der Waals surface area (Å²) in [5.74, 6) is 3.59. The van der Waals surface area contributed by atoms with E-state index in [-0.39, 0.29) is 5.38 Å². The molecule has 2 saturated carbocycles. The molecule has 3 unspecified atom stereocenters. The molecule has 1 heterocycles. The van der Waals surface area contributed by atoms with Crippen LogP contribution < -0.4 is 0 Å². The number of alkyl halides is 1. The van der Waals surface area contributed by atoms with E-state index < -0.39 is 0 Å². The van der Waals surface area contributed by atoms with E-state index in [1.807, 2.05) is 6.92 Å². The van der Waals surface area contributed by atoms with Crippen molar-refractivity contribution in [2.75, 3.05) is 0 Å². The maximum absolute atomic E-state index is 5.87. The summed E-state index contributed by atoms with van der Waals surface area (Å²) in [4.78, 5) is 0. The molecule has 0 radical (unpaired) electrons. The maximum Gasteiger partial charge on any atom is 0.234 e.